The second-order valence-corrected chi connectivity index (χ2v) is 4.83. The van der Waals surface area contributed by atoms with Crippen molar-refractivity contribution in [1.29, 1.82) is 0 Å². The van der Waals surface area contributed by atoms with E-state index < -0.39 is 0 Å². The molecule has 18 heavy (non-hydrogen) atoms. The van der Waals surface area contributed by atoms with Gasteiger partial charge in [-0.1, -0.05) is 30.3 Å². The van der Waals surface area contributed by atoms with Crippen molar-refractivity contribution < 1.29 is 9.59 Å². The van der Waals surface area contributed by atoms with Gasteiger partial charge in [0, 0.05) is 22.3 Å². The van der Waals surface area contributed by atoms with Crippen LogP contribution in [-0.2, 0) is 12.8 Å². The van der Waals surface area contributed by atoms with Gasteiger partial charge in [-0.25, -0.2) is 0 Å². The quantitative estimate of drug-likeness (QED) is 0.599. The lowest BCUT2D eigenvalue weighted by molar-refractivity contribution is 0.0978. The zero-order valence-electron chi connectivity index (χ0n) is 9.69. The normalized spacial score (nSPS) is 15.6. The van der Waals surface area contributed by atoms with E-state index in [2.05, 4.69) is 0 Å². The smallest absolute Gasteiger partial charge is 0.194 e. The van der Waals surface area contributed by atoms with Crippen molar-refractivity contribution in [2.45, 2.75) is 12.8 Å². The molecule has 0 radical (unpaired) electrons. The largest absolute Gasteiger partial charge is 0.289 e. The molecule has 2 heteroatoms. The number of carbonyl (C=O) groups excluding carboxylic acids is 2. The Hall–Kier alpha value is -2.22. The summed E-state index contributed by atoms with van der Waals surface area (Å²) in [6.45, 7) is 0. The van der Waals surface area contributed by atoms with Gasteiger partial charge < -0.3 is 0 Å². The van der Waals surface area contributed by atoms with Gasteiger partial charge in [0.05, 0.1) is 0 Å². The van der Waals surface area contributed by atoms with E-state index in [1.807, 2.05) is 18.2 Å². The van der Waals surface area contributed by atoms with E-state index in [0.717, 1.165) is 18.4 Å². The Morgan fingerprint density at radius 3 is 2.11 bits per heavy atom. The first-order valence-electron chi connectivity index (χ1n) is 6.10. The summed E-state index contributed by atoms with van der Waals surface area (Å²) >= 11 is 0. The lowest BCUT2D eigenvalue weighted by Crippen LogP contribution is -2.26. The molecular formula is C16H10O2. The lowest BCUT2D eigenvalue weighted by atomic mass is 9.75. The van der Waals surface area contributed by atoms with Crippen LogP contribution >= 0.6 is 0 Å². The zero-order valence-corrected chi connectivity index (χ0v) is 9.69. The third-order valence-electron chi connectivity index (χ3n) is 3.94. The molecule has 2 aliphatic carbocycles. The molecular weight excluding hydrogens is 224 g/mol. The highest BCUT2D eigenvalue weighted by molar-refractivity contribution is 6.29. The molecule has 0 heterocycles. The molecule has 2 aliphatic rings. The first-order valence-corrected chi connectivity index (χ1v) is 6.10. The minimum absolute atomic E-state index is 0.0109. The topological polar surface area (TPSA) is 34.1 Å². The van der Waals surface area contributed by atoms with E-state index in [4.69, 9.17) is 0 Å². The number of rotatable bonds is 0. The van der Waals surface area contributed by atoms with E-state index >= 15 is 0 Å². The summed E-state index contributed by atoms with van der Waals surface area (Å²) in [5, 5.41) is 0. The maximum absolute atomic E-state index is 12.5. The highest BCUT2D eigenvalue weighted by Gasteiger charge is 2.33. The average molecular weight is 234 g/mol. The maximum Gasteiger partial charge on any atom is 0.194 e. The fourth-order valence-electron chi connectivity index (χ4n) is 2.90. The molecule has 2 aromatic rings. The van der Waals surface area contributed by atoms with E-state index in [-0.39, 0.29) is 11.6 Å². The molecule has 0 unspecified atom stereocenters. The van der Waals surface area contributed by atoms with Crippen molar-refractivity contribution in [2.75, 3.05) is 0 Å². The lowest BCUT2D eigenvalue weighted by Gasteiger charge is -2.27. The number of hydrogen-bond acceptors (Lipinski definition) is 2. The maximum atomic E-state index is 12.5. The number of carbonyl (C=O) groups is 2. The van der Waals surface area contributed by atoms with Crippen LogP contribution in [0.3, 0.4) is 0 Å². The third kappa shape index (κ3) is 1.03. The summed E-state index contributed by atoms with van der Waals surface area (Å²) in [4.78, 5) is 24.9. The standard InChI is InChI=1S/C16H10O2/c17-15-11-3-1-2-4-12(11)16(18)14-10-7-5-9(10)6-8-13(14)15/h1-4,6,8H,5,7H2. The van der Waals surface area contributed by atoms with Crippen LogP contribution in [0.25, 0.3) is 0 Å². The summed E-state index contributed by atoms with van der Waals surface area (Å²) in [5.41, 5.74) is 4.62. The SMILES string of the molecule is O=C1c2ccccc2C(=O)c2c1ccc1c2CC1. The van der Waals surface area contributed by atoms with Crippen molar-refractivity contribution in [2.24, 2.45) is 0 Å². The van der Waals surface area contributed by atoms with Gasteiger partial charge in [0.2, 0.25) is 0 Å². The van der Waals surface area contributed by atoms with Crippen molar-refractivity contribution in [3.63, 3.8) is 0 Å². The molecule has 2 aromatic carbocycles. The summed E-state index contributed by atoms with van der Waals surface area (Å²) < 4.78 is 0. The van der Waals surface area contributed by atoms with Crippen LogP contribution in [0.5, 0.6) is 0 Å². The molecule has 0 aromatic heterocycles. The number of fused-ring (bicyclic) bond motifs is 4. The van der Waals surface area contributed by atoms with Crippen molar-refractivity contribution >= 4 is 11.6 Å². The fourth-order valence-corrected chi connectivity index (χ4v) is 2.90. The molecule has 0 fully saturated rings. The van der Waals surface area contributed by atoms with Gasteiger partial charge in [0.25, 0.3) is 0 Å². The monoisotopic (exact) mass is 234 g/mol. The van der Waals surface area contributed by atoms with Crippen LogP contribution in [0.15, 0.2) is 36.4 Å². The van der Waals surface area contributed by atoms with Crippen LogP contribution in [0.4, 0.5) is 0 Å². The second kappa shape index (κ2) is 3.16. The Labute approximate surface area is 104 Å². The molecule has 0 saturated carbocycles. The Kier molecular flexibility index (Phi) is 1.72. The molecule has 0 atom stereocenters. The minimum atomic E-state index is -0.0186. The van der Waals surface area contributed by atoms with Gasteiger partial charge in [0.1, 0.15) is 0 Å². The third-order valence-corrected chi connectivity index (χ3v) is 3.94. The first-order chi connectivity index (χ1) is 8.77. The average Bonchev–Trinajstić information content (AvgIpc) is 2.37. The highest BCUT2D eigenvalue weighted by Crippen LogP contribution is 2.35. The second-order valence-electron chi connectivity index (χ2n) is 4.83. The summed E-state index contributed by atoms with van der Waals surface area (Å²) in [6, 6.07) is 10.9. The van der Waals surface area contributed by atoms with Gasteiger partial charge >= 0.3 is 0 Å². The van der Waals surface area contributed by atoms with Gasteiger partial charge in [-0.2, -0.15) is 0 Å². The molecule has 0 aliphatic heterocycles. The number of benzene rings is 2. The Bertz CT molecular complexity index is 726. The summed E-state index contributed by atoms with van der Waals surface area (Å²) in [7, 11) is 0. The van der Waals surface area contributed by atoms with Crippen LogP contribution in [0.2, 0.25) is 0 Å². The number of aryl methyl sites for hydroxylation is 1. The van der Waals surface area contributed by atoms with Crippen molar-refractivity contribution in [3.8, 4) is 0 Å². The first kappa shape index (κ1) is 9.77. The highest BCUT2D eigenvalue weighted by atomic mass is 16.1. The number of ketones is 2. The summed E-state index contributed by atoms with van der Waals surface area (Å²) in [6.07, 6.45) is 1.94. The van der Waals surface area contributed by atoms with E-state index in [1.165, 1.54) is 5.56 Å². The molecule has 4 rings (SSSR count). The predicted molar refractivity (Wildman–Crippen MR) is 67.2 cm³/mol. The van der Waals surface area contributed by atoms with E-state index in [0.29, 0.717) is 22.3 Å². The van der Waals surface area contributed by atoms with Crippen molar-refractivity contribution in [3.05, 3.63) is 69.8 Å². The predicted octanol–water partition coefficient (Wildman–Crippen LogP) is 2.56. The van der Waals surface area contributed by atoms with Crippen molar-refractivity contribution in [1.82, 2.24) is 0 Å². The molecule has 0 saturated heterocycles. The van der Waals surface area contributed by atoms with Gasteiger partial charge in [0.15, 0.2) is 11.6 Å². The fraction of sp³-hybridized carbons (Fsp3) is 0.125. The van der Waals surface area contributed by atoms with E-state index in [9.17, 15) is 9.59 Å². The molecule has 0 bridgehead atoms. The van der Waals surface area contributed by atoms with Gasteiger partial charge in [-0.15, -0.1) is 0 Å². The van der Waals surface area contributed by atoms with Crippen LogP contribution in [0, 0.1) is 0 Å². The Balaban J connectivity index is 2.07. The minimum Gasteiger partial charge on any atom is -0.289 e. The number of hydrogen-bond donors (Lipinski definition) is 0. The van der Waals surface area contributed by atoms with Gasteiger partial charge in [-0.3, -0.25) is 9.59 Å². The van der Waals surface area contributed by atoms with Gasteiger partial charge in [-0.05, 0) is 30.0 Å². The molecule has 2 nitrogen and oxygen atoms in total. The Morgan fingerprint density at radius 2 is 1.44 bits per heavy atom. The zero-order chi connectivity index (χ0) is 12.3. The molecule has 86 valence electrons. The molecule has 0 N–H and O–H groups in total. The molecule has 0 amide bonds. The van der Waals surface area contributed by atoms with E-state index in [1.54, 1.807) is 18.2 Å². The van der Waals surface area contributed by atoms with Crippen LogP contribution < -0.4 is 0 Å². The summed E-state index contributed by atoms with van der Waals surface area (Å²) in [5.74, 6) is -0.00773. The van der Waals surface area contributed by atoms with Crippen LogP contribution in [0.1, 0.15) is 43.0 Å². The molecule has 0 spiro atoms. The van der Waals surface area contributed by atoms with Crippen LogP contribution in [-0.4, -0.2) is 11.6 Å². The Morgan fingerprint density at radius 1 is 0.722 bits per heavy atom.